The van der Waals surface area contributed by atoms with Crippen LogP contribution in [0.3, 0.4) is 0 Å². The number of anilines is 1. The fourth-order valence-corrected chi connectivity index (χ4v) is 1.16. The average Bonchev–Trinajstić information content (AvgIpc) is 2.21. The molecule has 0 radical (unpaired) electrons. The summed E-state index contributed by atoms with van der Waals surface area (Å²) in [6.45, 7) is 1.29. The Morgan fingerprint density at radius 2 is 2.14 bits per heavy atom. The van der Waals surface area contributed by atoms with E-state index < -0.39 is 0 Å². The SMILES string of the molecule is NCCCNc1ccc(O)c(CO)c1. The van der Waals surface area contributed by atoms with Crippen LogP contribution in [0.15, 0.2) is 18.2 Å². The summed E-state index contributed by atoms with van der Waals surface area (Å²) in [4.78, 5) is 0. The van der Waals surface area contributed by atoms with Crippen LogP contribution in [-0.4, -0.2) is 23.3 Å². The molecule has 0 bridgehead atoms. The Morgan fingerprint density at radius 1 is 1.36 bits per heavy atom. The van der Waals surface area contributed by atoms with Gasteiger partial charge < -0.3 is 21.3 Å². The number of aliphatic hydroxyl groups is 1. The second-order valence-electron chi connectivity index (χ2n) is 3.07. The van der Waals surface area contributed by atoms with Gasteiger partial charge in [0, 0.05) is 17.8 Å². The van der Waals surface area contributed by atoms with Gasteiger partial charge in [0.2, 0.25) is 0 Å². The molecule has 14 heavy (non-hydrogen) atoms. The largest absolute Gasteiger partial charge is 0.508 e. The zero-order valence-corrected chi connectivity index (χ0v) is 8.03. The Kier molecular flexibility index (Phi) is 4.22. The minimum absolute atomic E-state index is 0.122. The van der Waals surface area contributed by atoms with Crippen molar-refractivity contribution in [1.82, 2.24) is 0 Å². The number of aromatic hydroxyl groups is 1. The maximum atomic E-state index is 9.30. The molecule has 0 amide bonds. The lowest BCUT2D eigenvalue weighted by Crippen LogP contribution is -2.08. The van der Waals surface area contributed by atoms with Gasteiger partial charge in [-0.15, -0.1) is 0 Å². The van der Waals surface area contributed by atoms with Crippen molar-refractivity contribution in [2.45, 2.75) is 13.0 Å². The van der Waals surface area contributed by atoms with Crippen LogP contribution in [-0.2, 0) is 6.61 Å². The van der Waals surface area contributed by atoms with Crippen molar-refractivity contribution in [3.63, 3.8) is 0 Å². The Bertz CT molecular complexity index is 289. The van der Waals surface area contributed by atoms with Gasteiger partial charge in [0.1, 0.15) is 5.75 Å². The third-order valence-electron chi connectivity index (χ3n) is 1.96. The van der Waals surface area contributed by atoms with Gasteiger partial charge in [-0.05, 0) is 31.2 Å². The van der Waals surface area contributed by atoms with Crippen LogP contribution in [0.5, 0.6) is 5.75 Å². The van der Waals surface area contributed by atoms with Crippen LogP contribution in [0.25, 0.3) is 0 Å². The maximum absolute atomic E-state index is 9.30. The first-order valence-electron chi connectivity index (χ1n) is 4.64. The molecule has 4 heteroatoms. The van der Waals surface area contributed by atoms with E-state index in [4.69, 9.17) is 10.8 Å². The van der Waals surface area contributed by atoms with Crippen LogP contribution < -0.4 is 11.1 Å². The number of nitrogens with one attached hydrogen (secondary N) is 1. The monoisotopic (exact) mass is 196 g/mol. The first-order valence-corrected chi connectivity index (χ1v) is 4.64. The molecule has 1 aromatic rings. The van der Waals surface area contributed by atoms with E-state index in [1.54, 1.807) is 18.2 Å². The van der Waals surface area contributed by atoms with E-state index in [0.717, 1.165) is 18.7 Å². The number of benzene rings is 1. The highest BCUT2D eigenvalue weighted by Crippen LogP contribution is 2.21. The van der Waals surface area contributed by atoms with E-state index in [1.165, 1.54) is 0 Å². The van der Waals surface area contributed by atoms with E-state index in [9.17, 15) is 5.11 Å². The zero-order chi connectivity index (χ0) is 10.4. The minimum atomic E-state index is -0.155. The second kappa shape index (κ2) is 5.47. The lowest BCUT2D eigenvalue weighted by atomic mass is 10.2. The molecule has 0 heterocycles. The molecule has 78 valence electrons. The predicted molar refractivity (Wildman–Crippen MR) is 56.2 cm³/mol. The summed E-state index contributed by atoms with van der Waals surface area (Å²) in [7, 11) is 0. The number of rotatable bonds is 5. The zero-order valence-electron chi connectivity index (χ0n) is 8.03. The summed E-state index contributed by atoms with van der Waals surface area (Å²) in [5.74, 6) is 0.122. The first kappa shape index (κ1) is 10.8. The Hall–Kier alpha value is -1.26. The predicted octanol–water partition coefficient (Wildman–Crippen LogP) is 0.645. The molecule has 0 saturated heterocycles. The lowest BCUT2D eigenvalue weighted by Gasteiger charge is -2.07. The fraction of sp³-hybridized carbons (Fsp3) is 0.400. The fourth-order valence-electron chi connectivity index (χ4n) is 1.16. The number of hydrogen-bond donors (Lipinski definition) is 4. The Morgan fingerprint density at radius 3 is 2.79 bits per heavy atom. The number of nitrogens with two attached hydrogens (primary N) is 1. The van der Waals surface area contributed by atoms with Crippen LogP contribution in [0.1, 0.15) is 12.0 Å². The number of phenols is 1. The van der Waals surface area contributed by atoms with E-state index in [0.29, 0.717) is 12.1 Å². The minimum Gasteiger partial charge on any atom is -0.508 e. The van der Waals surface area contributed by atoms with Crippen molar-refractivity contribution >= 4 is 5.69 Å². The van der Waals surface area contributed by atoms with Crippen LogP contribution >= 0.6 is 0 Å². The molecule has 1 aromatic carbocycles. The molecule has 4 nitrogen and oxygen atoms in total. The molecule has 0 aliphatic carbocycles. The van der Waals surface area contributed by atoms with E-state index >= 15 is 0 Å². The van der Waals surface area contributed by atoms with Crippen LogP contribution in [0, 0.1) is 0 Å². The average molecular weight is 196 g/mol. The van der Waals surface area contributed by atoms with Gasteiger partial charge in [-0.2, -0.15) is 0 Å². The highest BCUT2D eigenvalue weighted by atomic mass is 16.3. The summed E-state index contributed by atoms with van der Waals surface area (Å²) in [5, 5.41) is 21.4. The molecule has 0 fully saturated rings. The van der Waals surface area contributed by atoms with Crippen molar-refractivity contribution in [2.24, 2.45) is 5.73 Å². The molecule has 5 N–H and O–H groups in total. The highest BCUT2D eigenvalue weighted by Gasteiger charge is 2.00. The Balaban J connectivity index is 2.60. The third kappa shape index (κ3) is 2.90. The van der Waals surface area contributed by atoms with E-state index in [1.807, 2.05) is 0 Å². The number of aliphatic hydroxyl groups excluding tert-OH is 1. The molecule has 0 atom stereocenters. The third-order valence-corrected chi connectivity index (χ3v) is 1.96. The van der Waals surface area contributed by atoms with Gasteiger partial charge in [0.15, 0.2) is 0 Å². The standard InChI is InChI=1S/C10H16N2O2/c11-4-1-5-12-9-2-3-10(14)8(6-9)7-13/h2-3,6,12-14H,1,4-5,7,11H2. The van der Waals surface area contributed by atoms with Crippen LogP contribution in [0.4, 0.5) is 5.69 Å². The maximum Gasteiger partial charge on any atom is 0.121 e. The van der Waals surface area contributed by atoms with Crippen LogP contribution in [0.2, 0.25) is 0 Å². The molecule has 0 unspecified atom stereocenters. The molecule has 0 aromatic heterocycles. The summed E-state index contributed by atoms with van der Waals surface area (Å²) in [6, 6.07) is 5.06. The molecule has 0 saturated carbocycles. The lowest BCUT2D eigenvalue weighted by molar-refractivity contribution is 0.275. The van der Waals surface area contributed by atoms with Gasteiger partial charge in [0.25, 0.3) is 0 Å². The molecule has 0 aliphatic rings. The number of hydrogen-bond acceptors (Lipinski definition) is 4. The molecule has 0 aliphatic heterocycles. The van der Waals surface area contributed by atoms with Gasteiger partial charge in [-0.1, -0.05) is 0 Å². The normalized spacial score (nSPS) is 10.1. The summed E-state index contributed by atoms with van der Waals surface area (Å²) in [6.07, 6.45) is 0.898. The molecular weight excluding hydrogens is 180 g/mol. The topological polar surface area (TPSA) is 78.5 Å². The molecular formula is C10H16N2O2. The van der Waals surface area contributed by atoms with Crippen molar-refractivity contribution in [3.8, 4) is 5.75 Å². The quantitative estimate of drug-likeness (QED) is 0.412. The van der Waals surface area contributed by atoms with E-state index in [-0.39, 0.29) is 12.4 Å². The molecule has 1 rings (SSSR count). The summed E-state index contributed by atoms with van der Waals surface area (Å²) < 4.78 is 0. The highest BCUT2D eigenvalue weighted by molar-refractivity contribution is 5.50. The first-order chi connectivity index (χ1) is 6.77. The van der Waals surface area contributed by atoms with Crippen molar-refractivity contribution in [3.05, 3.63) is 23.8 Å². The van der Waals surface area contributed by atoms with Gasteiger partial charge in [0.05, 0.1) is 6.61 Å². The van der Waals surface area contributed by atoms with Gasteiger partial charge >= 0.3 is 0 Å². The van der Waals surface area contributed by atoms with Gasteiger partial charge in [-0.25, -0.2) is 0 Å². The van der Waals surface area contributed by atoms with Crippen molar-refractivity contribution in [2.75, 3.05) is 18.4 Å². The molecule has 0 spiro atoms. The smallest absolute Gasteiger partial charge is 0.121 e. The summed E-state index contributed by atoms with van der Waals surface area (Å²) >= 11 is 0. The van der Waals surface area contributed by atoms with Crippen molar-refractivity contribution < 1.29 is 10.2 Å². The van der Waals surface area contributed by atoms with Gasteiger partial charge in [-0.3, -0.25) is 0 Å². The van der Waals surface area contributed by atoms with E-state index in [2.05, 4.69) is 5.32 Å². The Labute approximate surface area is 83.4 Å². The second-order valence-corrected chi connectivity index (χ2v) is 3.07. The summed E-state index contributed by atoms with van der Waals surface area (Å²) in [5.41, 5.74) is 6.77. The van der Waals surface area contributed by atoms with Crippen molar-refractivity contribution in [1.29, 1.82) is 0 Å².